The predicted octanol–water partition coefficient (Wildman–Crippen LogP) is 0.426. The monoisotopic (exact) mass is 199 g/mol. The van der Waals surface area contributed by atoms with E-state index in [2.05, 4.69) is 0 Å². The summed E-state index contributed by atoms with van der Waals surface area (Å²) in [5.41, 5.74) is 0. The summed E-state index contributed by atoms with van der Waals surface area (Å²) in [6, 6.07) is -0.924. The third-order valence-corrected chi connectivity index (χ3v) is 1.92. The van der Waals surface area contributed by atoms with E-state index in [-0.39, 0.29) is 12.5 Å². The van der Waals surface area contributed by atoms with Gasteiger partial charge in [0.1, 0.15) is 0 Å². The molecule has 0 aromatic rings. The number of carbonyl (C=O) groups excluding carboxylic acids is 1. The lowest BCUT2D eigenvalue weighted by Crippen LogP contribution is -2.48. The molecule has 0 aromatic heterocycles. The molecule has 1 atom stereocenters. The zero-order chi connectivity index (χ0) is 10.7. The summed E-state index contributed by atoms with van der Waals surface area (Å²) in [5, 5.41) is 9.84. The van der Waals surface area contributed by atoms with E-state index in [4.69, 9.17) is 9.94 Å². The van der Waals surface area contributed by atoms with Crippen molar-refractivity contribution in [3.05, 3.63) is 12.2 Å². The SMILES string of the molecule is CC(C)C(C(=O)O)N1OCC=CC1=O. The van der Waals surface area contributed by atoms with Gasteiger partial charge in [0.15, 0.2) is 6.04 Å². The second kappa shape index (κ2) is 4.23. The third kappa shape index (κ3) is 2.11. The summed E-state index contributed by atoms with van der Waals surface area (Å²) in [5.74, 6) is -1.66. The number of carboxylic acid groups (broad SMARTS) is 1. The zero-order valence-corrected chi connectivity index (χ0v) is 8.14. The smallest absolute Gasteiger partial charge is 0.329 e. The Labute approximate surface area is 81.9 Å². The number of nitrogens with zero attached hydrogens (tertiary/aromatic N) is 1. The number of rotatable bonds is 3. The Morgan fingerprint density at radius 2 is 2.29 bits per heavy atom. The van der Waals surface area contributed by atoms with Crippen LogP contribution in [0, 0.1) is 5.92 Å². The molecule has 0 bridgehead atoms. The second-order valence-corrected chi connectivity index (χ2v) is 3.39. The van der Waals surface area contributed by atoms with Crippen molar-refractivity contribution in [3.8, 4) is 0 Å². The number of hydrogen-bond donors (Lipinski definition) is 1. The van der Waals surface area contributed by atoms with Crippen molar-refractivity contribution in [2.45, 2.75) is 19.9 Å². The predicted molar refractivity (Wildman–Crippen MR) is 48.2 cm³/mol. The van der Waals surface area contributed by atoms with Crippen LogP contribution < -0.4 is 0 Å². The first kappa shape index (κ1) is 10.7. The quantitative estimate of drug-likeness (QED) is 0.715. The second-order valence-electron chi connectivity index (χ2n) is 3.39. The van der Waals surface area contributed by atoms with Crippen LogP contribution in [0.3, 0.4) is 0 Å². The number of amides is 1. The highest BCUT2D eigenvalue weighted by Crippen LogP contribution is 2.14. The summed E-state index contributed by atoms with van der Waals surface area (Å²) < 4.78 is 0. The van der Waals surface area contributed by atoms with Crippen molar-refractivity contribution in [3.63, 3.8) is 0 Å². The van der Waals surface area contributed by atoms with Gasteiger partial charge >= 0.3 is 5.97 Å². The molecule has 0 fully saturated rings. The van der Waals surface area contributed by atoms with E-state index < -0.39 is 17.9 Å². The molecule has 1 aliphatic heterocycles. The van der Waals surface area contributed by atoms with E-state index in [9.17, 15) is 9.59 Å². The number of hydrogen-bond acceptors (Lipinski definition) is 3. The van der Waals surface area contributed by atoms with Crippen molar-refractivity contribution >= 4 is 11.9 Å². The number of hydroxylamine groups is 2. The maximum atomic E-state index is 11.3. The molecule has 0 spiro atoms. The Balaban J connectivity index is 2.83. The lowest BCUT2D eigenvalue weighted by molar-refractivity contribution is -0.205. The standard InChI is InChI=1S/C9H13NO4/c1-6(2)8(9(12)13)10-7(11)4-3-5-14-10/h3-4,6,8H,5H2,1-2H3,(H,12,13). The van der Waals surface area contributed by atoms with Crippen LogP contribution in [0.5, 0.6) is 0 Å². The lowest BCUT2D eigenvalue weighted by Gasteiger charge is -2.30. The molecule has 0 saturated heterocycles. The van der Waals surface area contributed by atoms with Crippen molar-refractivity contribution < 1.29 is 19.5 Å². The minimum absolute atomic E-state index is 0.192. The van der Waals surface area contributed by atoms with Gasteiger partial charge in [0.25, 0.3) is 5.91 Å². The van der Waals surface area contributed by atoms with E-state index >= 15 is 0 Å². The molecular formula is C9H13NO4. The molecule has 0 radical (unpaired) electrons. The maximum Gasteiger partial charge on any atom is 0.329 e. The molecule has 5 nitrogen and oxygen atoms in total. The van der Waals surface area contributed by atoms with Gasteiger partial charge in [0.05, 0.1) is 6.61 Å². The Hall–Kier alpha value is -1.36. The molecule has 1 heterocycles. The summed E-state index contributed by atoms with van der Waals surface area (Å²) >= 11 is 0. The van der Waals surface area contributed by atoms with Crippen molar-refractivity contribution in [2.75, 3.05) is 6.61 Å². The molecule has 14 heavy (non-hydrogen) atoms. The van der Waals surface area contributed by atoms with E-state index in [0.717, 1.165) is 5.06 Å². The average Bonchev–Trinajstić information content (AvgIpc) is 2.07. The topological polar surface area (TPSA) is 66.8 Å². The molecule has 1 amide bonds. The van der Waals surface area contributed by atoms with Gasteiger partial charge in [-0.25, -0.2) is 9.86 Å². The Morgan fingerprint density at radius 1 is 1.64 bits per heavy atom. The zero-order valence-electron chi connectivity index (χ0n) is 8.14. The van der Waals surface area contributed by atoms with Gasteiger partial charge in [-0.05, 0) is 5.92 Å². The van der Waals surface area contributed by atoms with Crippen molar-refractivity contribution in [1.82, 2.24) is 5.06 Å². The van der Waals surface area contributed by atoms with Crippen molar-refractivity contribution in [1.29, 1.82) is 0 Å². The van der Waals surface area contributed by atoms with Crippen LogP contribution in [0.15, 0.2) is 12.2 Å². The molecule has 1 unspecified atom stereocenters. The summed E-state index contributed by atoms with van der Waals surface area (Å²) in [6.45, 7) is 3.70. The first-order valence-electron chi connectivity index (χ1n) is 4.39. The van der Waals surface area contributed by atoms with Crippen molar-refractivity contribution in [2.24, 2.45) is 5.92 Å². The summed E-state index contributed by atoms with van der Waals surface area (Å²) in [4.78, 5) is 27.2. The minimum atomic E-state index is -1.05. The van der Waals surface area contributed by atoms with Gasteiger partial charge in [-0.2, -0.15) is 0 Å². The molecular weight excluding hydrogens is 186 g/mol. The first-order chi connectivity index (χ1) is 6.54. The molecule has 0 saturated carbocycles. The lowest BCUT2D eigenvalue weighted by atomic mass is 10.0. The molecule has 0 aliphatic carbocycles. The van der Waals surface area contributed by atoms with Crippen LogP contribution >= 0.6 is 0 Å². The largest absolute Gasteiger partial charge is 0.480 e. The Morgan fingerprint density at radius 3 is 2.71 bits per heavy atom. The normalized spacial score (nSPS) is 18.8. The molecule has 1 N–H and O–H groups in total. The van der Waals surface area contributed by atoms with Gasteiger partial charge < -0.3 is 5.11 Å². The van der Waals surface area contributed by atoms with Crippen LogP contribution in [0.4, 0.5) is 0 Å². The van der Waals surface area contributed by atoms with E-state index in [1.54, 1.807) is 19.9 Å². The average molecular weight is 199 g/mol. The van der Waals surface area contributed by atoms with Crippen LogP contribution in [0.2, 0.25) is 0 Å². The minimum Gasteiger partial charge on any atom is -0.480 e. The fraction of sp³-hybridized carbons (Fsp3) is 0.556. The fourth-order valence-corrected chi connectivity index (χ4v) is 1.28. The molecule has 1 aliphatic rings. The molecule has 5 heteroatoms. The maximum absolute atomic E-state index is 11.3. The first-order valence-corrected chi connectivity index (χ1v) is 4.39. The van der Waals surface area contributed by atoms with E-state index in [1.165, 1.54) is 6.08 Å². The van der Waals surface area contributed by atoms with Crippen LogP contribution in [-0.4, -0.2) is 34.7 Å². The number of carboxylic acids is 1. The van der Waals surface area contributed by atoms with Crippen LogP contribution in [0.1, 0.15) is 13.8 Å². The van der Waals surface area contributed by atoms with Crippen LogP contribution in [0.25, 0.3) is 0 Å². The summed E-state index contributed by atoms with van der Waals surface area (Å²) in [7, 11) is 0. The highest BCUT2D eigenvalue weighted by atomic mass is 16.7. The highest BCUT2D eigenvalue weighted by molar-refractivity contribution is 5.90. The molecule has 78 valence electrons. The number of carbonyl (C=O) groups is 2. The summed E-state index contributed by atoms with van der Waals surface area (Å²) in [6.07, 6.45) is 2.87. The van der Waals surface area contributed by atoms with E-state index in [1.807, 2.05) is 0 Å². The van der Waals surface area contributed by atoms with E-state index in [0.29, 0.717) is 0 Å². The number of aliphatic carboxylic acids is 1. The van der Waals surface area contributed by atoms with Gasteiger partial charge in [-0.1, -0.05) is 19.9 Å². The Kier molecular flexibility index (Phi) is 3.24. The van der Waals surface area contributed by atoms with Gasteiger partial charge in [-0.3, -0.25) is 9.63 Å². The Bertz CT molecular complexity index is 272. The molecule has 1 rings (SSSR count). The van der Waals surface area contributed by atoms with Gasteiger partial charge in [-0.15, -0.1) is 0 Å². The van der Waals surface area contributed by atoms with Gasteiger partial charge in [0.2, 0.25) is 0 Å². The van der Waals surface area contributed by atoms with Gasteiger partial charge in [0, 0.05) is 6.08 Å². The van der Waals surface area contributed by atoms with Crippen LogP contribution in [-0.2, 0) is 14.4 Å². The highest BCUT2D eigenvalue weighted by Gasteiger charge is 2.33. The fourth-order valence-electron chi connectivity index (χ4n) is 1.28. The third-order valence-electron chi connectivity index (χ3n) is 1.92. The molecule has 0 aromatic carbocycles.